The predicted octanol–water partition coefficient (Wildman–Crippen LogP) is 5.65. The van der Waals surface area contributed by atoms with E-state index in [1.54, 1.807) is 19.0 Å². The molecule has 0 saturated carbocycles. The summed E-state index contributed by atoms with van der Waals surface area (Å²) in [4.78, 5) is 4.33. The number of sulfonamides is 1. The molecule has 3 aromatic rings. The summed E-state index contributed by atoms with van der Waals surface area (Å²) in [6, 6.07) is 6.66. The number of anilines is 4. The minimum absolute atomic E-state index is 0. The molecule has 0 atom stereocenters. The highest BCUT2D eigenvalue weighted by Crippen LogP contribution is 2.38. The van der Waals surface area contributed by atoms with Crippen LogP contribution < -0.4 is 20.3 Å². The van der Waals surface area contributed by atoms with Gasteiger partial charge in [-0.25, -0.2) is 22.2 Å². The topological polar surface area (TPSA) is 86.4 Å². The Morgan fingerprint density at radius 3 is 2.35 bits per heavy atom. The van der Waals surface area contributed by atoms with E-state index < -0.39 is 38.3 Å². The molecule has 3 N–H and O–H groups in total. The average molecular weight is 586 g/mol. The van der Waals surface area contributed by atoms with Gasteiger partial charge in [0.15, 0.2) is 0 Å². The number of rotatable bonds is 9. The molecule has 0 amide bonds. The summed E-state index contributed by atoms with van der Waals surface area (Å²) in [5.41, 5.74) is -0.598. The van der Waals surface area contributed by atoms with Crippen LogP contribution in [-0.4, -0.2) is 40.6 Å². The molecule has 0 fully saturated rings. The van der Waals surface area contributed by atoms with Crippen molar-refractivity contribution >= 4 is 56.9 Å². The van der Waals surface area contributed by atoms with Crippen molar-refractivity contribution in [3.63, 3.8) is 0 Å². The van der Waals surface area contributed by atoms with E-state index in [1.807, 2.05) is 4.72 Å². The largest absolute Gasteiger partial charge is 0.416 e. The normalized spacial score (nSPS) is 11.6. The third-order valence-electron chi connectivity index (χ3n) is 4.98. The molecule has 0 aliphatic heterocycles. The number of alkyl halides is 3. The Balaban J connectivity index is 0.00000481. The molecule has 0 aliphatic rings. The van der Waals surface area contributed by atoms with Gasteiger partial charge in [-0.1, -0.05) is 11.6 Å². The summed E-state index contributed by atoms with van der Waals surface area (Å²) in [5, 5.41) is 5.46. The lowest BCUT2D eigenvalue weighted by molar-refractivity contribution is -0.137. The van der Waals surface area contributed by atoms with Crippen LogP contribution in [0.1, 0.15) is 5.56 Å². The maximum atomic E-state index is 14.9. The van der Waals surface area contributed by atoms with Crippen LogP contribution in [0.3, 0.4) is 0 Å². The first-order valence-electron chi connectivity index (χ1n) is 10.3. The number of hydrogen-bond acceptors (Lipinski definition) is 6. The molecule has 0 saturated heterocycles. The number of benzene rings is 2. The van der Waals surface area contributed by atoms with Crippen LogP contribution in [0, 0.1) is 11.6 Å². The Morgan fingerprint density at radius 1 is 1.05 bits per heavy atom. The Labute approximate surface area is 221 Å². The van der Waals surface area contributed by atoms with E-state index in [1.165, 1.54) is 6.07 Å². The van der Waals surface area contributed by atoms with Crippen LogP contribution in [0.15, 0.2) is 53.6 Å². The Morgan fingerprint density at radius 2 is 1.76 bits per heavy atom. The fourth-order valence-electron chi connectivity index (χ4n) is 3.13. The SMILES string of the molecule is CNCCN(C)c1cc(C(F)(F)F)ccc1Nc1cc(F)c(S(=O)(=O)Nc2ccc(F)cn2)cc1Cl.Cl. The third kappa shape index (κ3) is 7.57. The van der Waals surface area contributed by atoms with Gasteiger partial charge in [0.05, 0.1) is 33.8 Å². The van der Waals surface area contributed by atoms with Gasteiger partial charge in [0, 0.05) is 26.2 Å². The monoisotopic (exact) mass is 585 g/mol. The molecule has 3 rings (SSSR count). The maximum Gasteiger partial charge on any atom is 0.416 e. The van der Waals surface area contributed by atoms with Crippen molar-refractivity contribution in [2.24, 2.45) is 0 Å². The molecule has 202 valence electrons. The van der Waals surface area contributed by atoms with Crippen LogP contribution in [0.4, 0.5) is 44.8 Å². The van der Waals surface area contributed by atoms with E-state index >= 15 is 0 Å². The molecule has 7 nitrogen and oxygen atoms in total. The first-order chi connectivity index (χ1) is 16.8. The van der Waals surface area contributed by atoms with E-state index in [2.05, 4.69) is 15.6 Å². The quantitative estimate of drug-likeness (QED) is 0.281. The molecule has 1 aromatic heterocycles. The van der Waals surface area contributed by atoms with Crippen LogP contribution in [0.2, 0.25) is 5.02 Å². The van der Waals surface area contributed by atoms with E-state index in [0.29, 0.717) is 13.1 Å². The van der Waals surface area contributed by atoms with Crippen LogP contribution in [0.25, 0.3) is 0 Å². The molecule has 0 bridgehead atoms. The maximum absolute atomic E-state index is 14.9. The Bertz CT molecular complexity index is 1340. The molecule has 37 heavy (non-hydrogen) atoms. The molecule has 0 radical (unpaired) electrons. The minimum atomic E-state index is -4.58. The van der Waals surface area contributed by atoms with Crippen molar-refractivity contribution in [3.05, 3.63) is 70.9 Å². The van der Waals surface area contributed by atoms with Gasteiger partial charge in [0.1, 0.15) is 22.3 Å². The number of hydrogen-bond donors (Lipinski definition) is 3. The first kappa shape index (κ1) is 30.4. The molecule has 1 heterocycles. The zero-order chi connectivity index (χ0) is 26.7. The van der Waals surface area contributed by atoms with Gasteiger partial charge in [0.2, 0.25) is 0 Å². The lowest BCUT2D eigenvalue weighted by Crippen LogP contribution is -2.28. The average Bonchev–Trinajstić information content (AvgIpc) is 2.80. The Hall–Kier alpha value is -2.87. The number of pyridine rings is 1. The summed E-state index contributed by atoms with van der Waals surface area (Å²) >= 11 is 6.21. The number of nitrogens with one attached hydrogen (secondary N) is 3. The Kier molecular flexibility index (Phi) is 9.94. The standard InChI is InChI=1S/C22H21ClF5N5O2S.ClH/c1-29-7-8-33(2)19-9-13(22(26,27)28)3-5-17(19)31-18-11-16(25)20(10-15(18)23)36(34,35)32-21-6-4-14(24)12-30-21;/h3-6,9-12,29,31H,7-8H2,1-2H3,(H,30,32);1H. The van der Waals surface area contributed by atoms with Gasteiger partial charge in [-0.2, -0.15) is 13.2 Å². The highest BCUT2D eigenvalue weighted by molar-refractivity contribution is 7.92. The van der Waals surface area contributed by atoms with Gasteiger partial charge >= 0.3 is 6.18 Å². The summed E-state index contributed by atoms with van der Waals surface area (Å²) in [6.07, 6.45) is -3.80. The van der Waals surface area contributed by atoms with Gasteiger partial charge in [-0.15, -0.1) is 12.4 Å². The first-order valence-corrected chi connectivity index (χ1v) is 12.2. The van der Waals surface area contributed by atoms with Crippen molar-refractivity contribution in [2.45, 2.75) is 11.1 Å². The summed E-state index contributed by atoms with van der Waals surface area (Å²) < 4.78 is 95.0. The van der Waals surface area contributed by atoms with Gasteiger partial charge in [-0.3, -0.25) is 4.72 Å². The fraction of sp³-hybridized carbons (Fsp3) is 0.227. The predicted molar refractivity (Wildman–Crippen MR) is 136 cm³/mol. The van der Waals surface area contributed by atoms with Gasteiger partial charge in [-0.05, 0) is 43.4 Å². The van der Waals surface area contributed by atoms with E-state index in [-0.39, 0.29) is 40.3 Å². The second-order valence-corrected chi connectivity index (χ2v) is 9.67. The molecule has 0 unspecified atom stereocenters. The smallest absolute Gasteiger partial charge is 0.372 e. The lowest BCUT2D eigenvalue weighted by Gasteiger charge is -2.24. The zero-order valence-corrected chi connectivity index (χ0v) is 21.7. The minimum Gasteiger partial charge on any atom is -0.372 e. The molecule has 2 aromatic carbocycles. The summed E-state index contributed by atoms with van der Waals surface area (Å²) in [6.45, 7) is 0.832. The molecule has 0 spiro atoms. The number of likely N-dealkylation sites (N-methyl/N-ethyl adjacent to an activating group) is 2. The van der Waals surface area contributed by atoms with Crippen LogP contribution >= 0.6 is 24.0 Å². The van der Waals surface area contributed by atoms with Crippen molar-refractivity contribution < 1.29 is 30.4 Å². The number of aromatic nitrogens is 1. The van der Waals surface area contributed by atoms with E-state index in [9.17, 15) is 30.4 Å². The molecule has 0 aliphatic carbocycles. The van der Waals surface area contributed by atoms with Gasteiger partial charge < -0.3 is 15.5 Å². The highest BCUT2D eigenvalue weighted by Gasteiger charge is 2.31. The van der Waals surface area contributed by atoms with Crippen LogP contribution in [0.5, 0.6) is 0 Å². The zero-order valence-electron chi connectivity index (χ0n) is 19.3. The van der Waals surface area contributed by atoms with Crippen molar-refractivity contribution in [1.29, 1.82) is 0 Å². The van der Waals surface area contributed by atoms with Gasteiger partial charge in [0.25, 0.3) is 10.0 Å². The summed E-state index contributed by atoms with van der Waals surface area (Å²) in [5.74, 6) is -2.12. The second kappa shape index (κ2) is 12.1. The lowest BCUT2D eigenvalue weighted by atomic mass is 10.1. The molecular weight excluding hydrogens is 564 g/mol. The van der Waals surface area contributed by atoms with Crippen molar-refractivity contribution in [3.8, 4) is 0 Å². The van der Waals surface area contributed by atoms with E-state index in [0.717, 1.165) is 42.6 Å². The second-order valence-electron chi connectivity index (χ2n) is 7.61. The fourth-order valence-corrected chi connectivity index (χ4v) is 4.50. The van der Waals surface area contributed by atoms with Crippen molar-refractivity contribution in [2.75, 3.05) is 42.1 Å². The number of halogens is 7. The number of nitrogens with zero attached hydrogens (tertiary/aromatic N) is 2. The highest BCUT2D eigenvalue weighted by atomic mass is 35.5. The van der Waals surface area contributed by atoms with Crippen LogP contribution in [-0.2, 0) is 16.2 Å². The molecular formula is C22H22Cl2F5N5O2S. The summed E-state index contributed by atoms with van der Waals surface area (Å²) in [7, 11) is -1.20. The van der Waals surface area contributed by atoms with Crippen molar-refractivity contribution in [1.82, 2.24) is 10.3 Å². The van der Waals surface area contributed by atoms with E-state index in [4.69, 9.17) is 11.6 Å². The third-order valence-corrected chi connectivity index (χ3v) is 6.66. The molecule has 15 heteroatoms.